The number of pyridine rings is 1. The molecule has 0 radical (unpaired) electrons. The van der Waals surface area contributed by atoms with Crippen molar-refractivity contribution in [3.05, 3.63) is 28.4 Å². The third-order valence-corrected chi connectivity index (χ3v) is 3.80. The molecule has 6 nitrogen and oxygen atoms in total. The van der Waals surface area contributed by atoms with Crippen LogP contribution in [0.3, 0.4) is 0 Å². The number of aliphatic hydroxyl groups is 1. The number of hydrogen-bond donors (Lipinski definition) is 2. The number of nitrogens with one attached hydrogen (secondary N) is 1. The van der Waals surface area contributed by atoms with E-state index >= 15 is 0 Å². The van der Waals surface area contributed by atoms with Crippen LogP contribution >= 0.6 is 0 Å². The number of hydrogen-bond acceptors (Lipinski definition) is 5. The third-order valence-electron chi connectivity index (χ3n) is 3.80. The first-order chi connectivity index (χ1) is 9.20. The van der Waals surface area contributed by atoms with Gasteiger partial charge in [0.05, 0.1) is 11.0 Å². The van der Waals surface area contributed by atoms with Gasteiger partial charge in [-0.05, 0) is 24.7 Å². The first-order valence-electron chi connectivity index (χ1n) is 6.66. The van der Waals surface area contributed by atoms with Crippen molar-refractivity contribution in [1.82, 2.24) is 4.98 Å². The van der Waals surface area contributed by atoms with Gasteiger partial charge in [0.15, 0.2) is 0 Å². The molecule has 0 spiro atoms. The Morgan fingerprint density at radius 1 is 1.42 bits per heavy atom. The topological polar surface area (TPSA) is 88.3 Å². The summed E-state index contributed by atoms with van der Waals surface area (Å²) in [6.07, 6.45) is 5.95. The van der Waals surface area contributed by atoms with Crippen LogP contribution < -0.4 is 5.32 Å². The summed E-state index contributed by atoms with van der Waals surface area (Å²) in [7, 11) is 0. The number of aliphatic hydroxyl groups excluding tert-OH is 1. The maximum atomic E-state index is 10.7. The van der Waals surface area contributed by atoms with E-state index in [-0.39, 0.29) is 12.3 Å². The van der Waals surface area contributed by atoms with Gasteiger partial charge in [-0.1, -0.05) is 12.8 Å². The Morgan fingerprint density at radius 2 is 2.16 bits per heavy atom. The molecule has 0 amide bonds. The zero-order valence-electron chi connectivity index (χ0n) is 10.8. The molecule has 1 aliphatic carbocycles. The highest BCUT2D eigenvalue weighted by molar-refractivity contribution is 5.44. The summed E-state index contributed by atoms with van der Waals surface area (Å²) in [5.74, 6) is 1.27. The third kappa shape index (κ3) is 3.64. The molecule has 1 heterocycles. The smallest absolute Gasteiger partial charge is 0.274 e. The molecule has 104 valence electrons. The number of rotatable bonds is 5. The molecule has 0 aliphatic heterocycles. The molecule has 1 aliphatic rings. The minimum Gasteiger partial charge on any atom is -0.396 e. The summed E-state index contributed by atoms with van der Waals surface area (Å²) in [6.45, 7) is 0.925. The van der Waals surface area contributed by atoms with Crippen LogP contribution in [0.2, 0.25) is 0 Å². The van der Waals surface area contributed by atoms with Crippen molar-refractivity contribution in [2.24, 2.45) is 11.8 Å². The van der Waals surface area contributed by atoms with Crippen molar-refractivity contribution in [3.63, 3.8) is 0 Å². The second-order valence-electron chi connectivity index (χ2n) is 5.02. The molecule has 1 saturated carbocycles. The lowest BCUT2D eigenvalue weighted by Gasteiger charge is -2.30. The molecule has 2 rings (SSSR count). The van der Waals surface area contributed by atoms with E-state index in [9.17, 15) is 15.2 Å². The van der Waals surface area contributed by atoms with Gasteiger partial charge >= 0.3 is 0 Å². The van der Waals surface area contributed by atoms with Gasteiger partial charge in [0.1, 0.15) is 5.82 Å². The molecule has 2 unspecified atom stereocenters. The quantitative estimate of drug-likeness (QED) is 0.629. The van der Waals surface area contributed by atoms with Crippen LogP contribution in [0, 0.1) is 22.0 Å². The number of nitrogens with zero attached hydrogens (tertiary/aromatic N) is 2. The summed E-state index contributed by atoms with van der Waals surface area (Å²) < 4.78 is 0. The van der Waals surface area contributed by atoms with Crippen molar-refractivity contribution >= 4 is 11.5 Å². The summed E-state index contributed by atoms with van der Waals surface area (Å²) in [5, 5.41) is 23.2. The molecular formula is C13H19N3O3. The number of anilines is 1. The van der Waals surface area contributed by atoms with E-state index in [0.717, 1.165) is 12.8 Å². The van der Waals surface area contributed by atoms with Crippen molar-refractivity contribution < 1.29 is 10.0 Å². The number of nitro groups is 1. The second kappa shape index (κ2) is 6.47. The van der Waals surface area contributed by atoms with Gasteiger partial charge in [0, 0.05) is 25.4 Å². The molecular weight excluding hydrogens is 246 g/mol. The van der Waals surface area contributed by atoms with E-state index in [1.54, 1.807) is 0 Å². The standard InChI is InChI=1S/C13H19N3O3/c17-9-11-4-2-1-3-10(11)8-15-13-7-12(16(18)19)5-6-14-13/h5-7,10-11,17H,1-4,8-9H2,(H,14,15). The maximum absolute atomic E-state index is 10.7. The lowest BCUT2D eigenvalue weighted by molar-refractivity contribution is -0.384. The fourth-order valence-electron chi connectivity index (χ4n) is 2.66. The van der Waals surface area contributed by atoms with Crippen molar-refractivity contribution in [1.29, 1.82) is 0 Å². The normalized spacial score (nSPS) is 23.0. The van der Waals surface area contributed by atoms with E-state index in [1.165, 1.54) is 31.2 Å². The van der Waals surface area contributed by atoms with Crippen LogP contribution in [0.4, 0.5) is 11.5 Å². The Morgan fingerprint density at radius 3 is 2.84 bits per heavy atom. The fourth-order valence-corrected chi connectivity index (χ4v) is 2.66. The molecule has 0 saturated heterocycles. The summed E-state index contributed by atoms with van der Waals surface area (Å²) in [6, 6.07) is 2.82. The molecule has 1 fully saturated rings. The lowest BCUT2D eigenvalue weighted by atomic mass is 9.79. The maximum Gasteiger partial charge on any atom is 0.274 e. The van der Waals surface area contributed by atoms with Crippen LogP contribution in [0.1, 0.15) is 25.7 Å². The van der Waals surface area contributed by atoms with E-state index in [1.807, 2.05) is 0 Å². The van der Waals surface area contributed by atoms with E-state index in [4.69, 9.17) is 0 Å². The second-order valence-corrected chi connectivity index (χ2v) is 5.02. The van der Waals surface area contributed by atoms with Gasteiger partial charge in [0.2, 0.25) is 0 Å². The zero-order valence-corrected chi connectivity index (χ0v) is 10.8. The first-order valence-corrected chi connectivity index (χ1v) is 6.66. The lowest BCUT2D eigenvalue weighted by Crippen LogP contribution is -2.28. The molecule has 0 bridgehead atoms. The zero-order chi connectivity index (χ0) is 13.7. The monoisotopic (exact) mass is 265 g/mol. The minimum atomic E-state index is -0.427. The highest BCUT2D eigenvalue weighted by Gasteiger charge is 2.24. The minimum absolute atomic E-state index is 0.0415. The fraction of sp³-hybridized carbons (Fsp3) is 0.615. The van der Waals surface area contributed by atoms with Gasteiger partial charge in [-0.25, -0.2) is 4.98 Å². The van der Waals surface area contributed by atoms with Gasteiger partial charge in [-0.3, -0.25) is 10.1 Å². The predicted molar refractivity (Wildman–Crippen MR) is 71.9 cm³/mol. The van der Waals surface area contributed by atoms with Crippen molar-refractivity contribution in [2.75, 3.05) is 18.5 Å². The Labute approximate surface area is 112 Å². The van der Waals surface area contributed by atoms with Gasteiger partial charge in [-0.15, -0.1) is 0 Å². The van der Waals surface area contributed by atoms with Gasteiger partial charge < -0.3 is 10.4 Å². The molecule has 2 N–H and O–H groups in total. The summed E-state index contributed by atoms with van der Waals surface area (Å²) in [5.41, 5.74) is 0.0415. The molecule has 2 atom stereocenters. The Kier molecular flexibility index (Phi) is 4.68. The Hall–Kier alpha value is -1.69. The molecule has 1 aromatic heterocycles. The molecule has 1 aromatic rings. The SMILES string of the molecule is O=[N+]([O-])c1ccnc(NCC2CCCCC2CO)c1. The van der Waals surface area contributed by atoms with E-state index in [2.05, 4.69) is 10.3 Å². The number of aromatic nitrogens is 1. The molecule has 0 aromatic carbocycles. The Balaban J connectivity index is 1.94. The predicted octanol–water partition coefficient (Wildman–Crippen LogP) is 2.20. The summed E-state index contributed by atoms with van der Waals surface area (Å²) in [4.78, 5) is 14.3. The molecule has 6 heteroatoms. The van der Waals surface area contributed by atoms with E-state index in [0.29, 0.717) is 24.2 Å². The van der Waals surface area contributed by atoms with Crippen LogP contribution in [0.25, 0.3) is 0 Å². The van der Waals surface area contributed by atoms with Crippen molar-refractivity contribution in [3.8, 4) is 0 Å². The highest BCUT2D eigenvalue weighted by Crippen LogP contribution is 2.29. The van der Waals surface area contributed by atoms with E-state index < -0.39 is 4.92 Å². The average Bonchev–Trinajstić information content (AvgIpc) is 2.45. The van der Waals surface area contributed by atoms with Crippen molar-refractivity contribution in [2.45, 2.75) is 25.7 Å². The summed E-state index contributed by atoms with van der Waals surface area (Å²) >= 11 is 0. The van der Waals surface area contributed by atoms with Gasteiger partial charge in [-0.2, -0.15) is 0 Å². The van der Waals surface area contributed by atoms with Crippen LogP contribution in [0.5, 0.6) is 0 Å². The first kappa shape index (κ1) is 13.7. The largest absolute Gasteiger partial charge is 0.396 e. The van der Waals surface area contributed by atoms with Crippen LogP contribution in [-0.2, 0) is 0 Å². The Bertz CT molecular complexity index is 439. The highest BCUT2D eigenvalue weighted by atomic mass is 16.6. The average molecular weight is 265 g/mol. The molecule has 19 heavy (non-hydrogen) atoms. The van der Waals surface area contributed by atoms with Gasteiger partial charge in [0.25, 0.3) is 5.69 Å². The van der Waals surface area contributed by atoms with Crippen LogP contribution in [0.15, 0.2) is 18.3 Å². The van der Waals surface area contributed by atoms with Crippen LogP contribution in [-0.4, -0.2) is 28.2 Å².